The lowest BCUT2D eigenvalue weighted by Gasteiger charge is -2.06. The van der Waals surface area contributed by atoms with Crippen LogP contribution in [0.4, 0.5) is 0 Å². The first-order valence-electron chi connectivity index (χ1n) is 5.06. The van der Waals surface area contributed by atoms with Crippen molar-refractivity contribution in [2.24, 2.45) is 0 Å². The lowest BCUT2D eigenvalue weighted by atomic mass is 10.0. The first-order valence-corrected chi connectivity index (χ1v) is 6.21. The molecule has 2 heteroatoms. The van der Waals surface area contributed by atoms with Crippen LogP contribution in [0.1, 0.15) is 43.0 Å². The van der Waals surface area contributed by atoms with Gasteiger partial charge in [0.05, 0.1) is 0 Å². The summed E-state index contributed by atoms with van der Waals surface area (Å²) in [6.07, 6.45) is 4.78. The van der Waals surface area contributed by atoms with Crippen molar-refractivity contribution in [3.63, 3.8) is 0 Å². The van der Waals surface area contributed by atoms with E-state index in [9.17, 15) is 0 Å². The summed E-state index contributed by atoms with van der Waals surface area (Å²) in [5.41, 5.74) is 4.62. The van der Waals surface area contributed by atoms with E-state index in [1.165, 1.54) is 35.6 Å². The minimum absolute atomic E-state index is 0.665. The van der Waals surface area contributed by atoms with Gasteiger partial charge in [-0.25, -0.2) is 0 Å². The second-order valence-electron chi connectivity index (χ2n) is 4.01. The number of H-pyrrole nitrogens is 1. The quantitative estimate of drug-likeness (QED) is 0.727. The second kappa shape index (κ2) is 3.79. The summed E-state index contributed by atoms with van der Waals surface area (Å²) < 4.78 is 0. The van der Waals surface area contributed by atoms with E-state index in [0.717, 1.165) is 0 Å². The Bertz CT molecular complexity index is 288. The molecule has 2 heterocycles. The average Bonchev–Trinajstić information content (AvgIpc) is 2.36. The summed E-state index contributed by atoms with van der Waals surface area (Å²) in [6.45, 7) is 4.55. The normalized spacial score (nSPS) is 17.2. The lowest BCUT2D eigenvalue weighted by molar-refractivity contribution is 0.856. The molecule has 1 aromatic heterocycles. The Kier molecular flexibility index (Phi) is 2.68. The smallest absolute Gasteiger partial charge is 0.0205 e. The Hall–Kier alpha value is -0.370. The number of aromatic nitrogens is 1. The maximum absolute atomic E-state index is 3.43. The van der Waals surface area contributed by atoms with Crippen molar-refractivity contribution in [1.29, 1.82) is 0 Å². The van der Waals surface area contributed by atoms with Gasteiger partial charge >= 0.3 is 0 Å². The minimum atomic E-state index is 0.665. The van der Waals surface area contributed by atoms with Gasteiger partial charge in [-0.15, -0.1) is 0 Å². The summed E-state index contributed by atoms with van der Waals surface area (Å²) in [4.78, 5) is 3.43. The Morgan fingerprint density at radius 3 is 3.08 bits per heavy atom. The fourth-order valence-electron chi connectivity index (χ4n) is 1.95. The third-order valence-corrected chi connectivity index (χ3v) is 3.77. The molecule has 0 saturated heterocycles. The molecular formula is C11H17NS. The molecule has 72 valence electrons. The van der Waals surface area contributed by atoms with Crippen LogP contribution in [0, 0.1) is 0 Å². The highest BCUT2D eigenvalue weighted by Crippen LogP contribution is 2.30. The summed E-state index contributed by atoms with van der Waals surface area (Å²) in [5, 5.41) is 0. The van der Waals surface area contributed by atoms with Crippen LogP contribution in [-0.4, -0.2) is 10.7 Å². The van der Waals surface area contributed by atoms with Gasteiger partial charge in [-0.2, -0.15) is 11.8 Å². The number of fused-ring (bicyclic) bond motifs is 1. The number of hydrogen-bond acceptors (Lipinski definition) is 1. The highest BCUT2D eigenvalue weighted by atomic mass is 32.2. The van der Waals surface area contributed by atoms with Gasteiger partial charge in [-0.05, 0) is 35.6 Å². The van der Waals surface area contributed by atoms with Crippen LogP contribution >= 0.6 is 11.8 Å². The van der Waals surface area contributed by atoms with Crippen molar-refractivity contribution < 1.29 is 0 Å². The molecule has 1 aliphatic heterocycles. The molecule has 0 aromatic carbocycles. The molecule has 0 atom stereocenters. The summed E-state index contributed by atoms with van der Waals surface area (Å²) in [5.74, 6) is 3.20. The van der Waals surface area contributed by atoms with Crippen LogP contribution in [0.25, 0.3) is 0 Å². The Morgan fingerprint density at radius 2 is 2.31 bits per heavy atom. The van der Waals surface area contributed by atoms with Crippen LogP contribution in [0.15, 0.2) is 6.20 Å². The van der Waals surface area contributed by atoms with Crippen LogP contribution in [0.3, 0.4) is 0 Å². The molecule has 0 bridgehead atoms. The minimum Gasteiger partial charge on any atom is -0.364 e. The zero-order chi connectivity index (χ0) is 9.26. The van der Waals surface area contributed by atoms with E-state index >= 15 is 0 Å². The molecule has 13 heavy (non-hydrogen) atoms. The Morgan fingerprint density at radius 1 is 1.46 bits per heavy atom. The lowest BCUT2D eigenvalue weighted by Crippen LogP contribution is -1.92. The van der Waals surface area contributed by atoms with Gasteiger partial charge in [0.15, 0.2) is 0 Å². The van der Waals surface area contributed by atoms with E-state index in [2.05, 4.69) is 36.8 Å². The first kappa shape index (κ1) is 9.20. The van der Waals surface area contributed by atoms with Crippen molar-refractivity contribution in [2.45, 2.75) is 38.4 Å². The third-order valence-electron chi connectivity index (χ3n) is 2.70. The largest absolute Gasteiger partial charge is 0.364 e. The summed E-state index contributed by atoms with van der Waals surface area (Å²) in [7, 11) is 0. The molecule has 0 aliphatic carbocycles. The molecule has 1 nitrogen and oxygen atoms in total. The van der Waals surface area contributed by atoms with Crippen LogP contribution < -0.4 is 0 Å². The highest BCUT2D eigenvalue weighted by molar-refractivity contribution is 7.98. The number of aromatic amines is 1. The van der Waals surface area contributed by atoms with E-state index in [-0.39, 0.29) is 0 Å². The molecule has 0 radical (unpaired) electrons. The molecule has 1 aromatic rings. The molecule has 0 amide bonds. The van der Waals surface area contributed by atoms with Crippen LogP contribution in [0.5, 0.6) is 0 Å². The predicted octanol–water partition coefficient (Wildman–Crippen LogP) is 3.32. The SMILES string of the molecule is CC(C)c1c[nH]c2c1CSCCC2. The first-order chi connectivity index (χ1) is 6.29. The number of aryl methyl sites for hydroxylation is 1. The molecule has 2 rings (SSSR count). The Balaban J connectivity index is 2.34. The van der Waals surface area contributed by atoms with Crippen molar-refractivity contribution in [3.8, 4) is 0 Å². The highest BCUT2D eigenvalue weighted by Gasteiger charge is 2.15. The van der Waals surface area contributed by atoms with Crippen LogP contribution in [-0.2, 0) is 12.2 Å². The maximum Gasteiger partial charge on any atom is 0.0205 e. The van der Waals surface area contributed by atoms with Gasteiger partial charge in [0, 0.05) is 17.6 Å². The molecular weight excluding hydrogens is 178 g/mol. The van der Waals surface area contributed by atoms with E-state index in [1.54, 1.807) is 5.56 Å². The van der Waals surface area contributed by atoms with Crippen molar-refractivity contribution in [2.75, 3.05) is 5.75 Å². The van der Waals surface area contributed by atoms with Gasteiger partial charge in [-0.3, -0.25) is 0 Å². The number of thioether (sulfide) groups is 1. The standard InChI is InChI=1S/C11H17NS/c1-8(2)9-6-12-11-4-3-5-13-7-10(9)11/h6,8,12H,3-5,7H2,1-2H3. The van der Waals surface area contributed by atoms with Gasteiger partial charge in [-0.1, -0.05) is 13.8 Å². The van der Waals surface area contributed by atoms with E-state index < -0.39 is 0 Å². The maximum atomic E-state index is 3.43. The summed E-state index contributed by atoms with van der Waals surface area (Å²) in [6, 6.07) is 0. The fraction of sp³-hybridized carbons (Fsp3) is 0.636. The second-order valence-corrected chi connectivity index (χ2v) is 5.12. The predicted molar refractivity (Wildman–Crippen MR) is 59.4 cm³/mol. The van der Waals surface area contributed by atoms with E-state index in [1.807, 2.05) is 0 Å². The molecule has 0 unspecified atom stereocenters. The van der Waals surface area contributed by atoms with E-state index in [0.29, 0.717) is 5.92 Å². The van der Waals surface area contributed by atoms with Crippen molar-refractivity contribution in [3.05, 3.63) is 23.0 Å². The zero-order valence-corrected chi connectivity index (χ0v) is 9.21. The average molecular weight is 195 g/mol. The fourth-order valence-corrected chi connectivity index (χ4v) is 2.99. The van der Waals surface area contributed by atoms with Crippen molar-refractivity contribution >= 4 is 11.8 Å². The molecule has 1 N–H and O–H groups in total. The topological polar surface area (TPSA) is 15.8 Å². The van der Waals surface area contributed by atoms with E-state index in [4.69, 9.17) is 0 Å². The molecule has 0 fully saturated rings. The van der Waals surface area contributed by atoms with Gasteiger partial charge in [0.2, 0.25) is 0 Å². The number of hydrogen-bond donors (Lipinski definition) is 1. The zero-order valence-electron chi connectivity index (χ0n) is 8.39. The van der Waals surface area contributed by atoms with Gasteiger partial charge < -0.3 is 4.98 Å². The molecule has 1 aliphatic rings. The number of nitrogens with one attached hydrogen (secondary N) is 1. The summed E-state index contributed by atoms with van der Waals surface area (Å²) >= 11 is 2.07. The molecule has 0 spiro atoms. The number of rotatable bonds is 1. The monoisotopic (exact) mass is 195 g/mol. The van der Waals surface area contributed by atoms with Crippen molar-refractivity contribution in [1.82, 2.24) is 4.98 Å². The van der Waals surface area contributed by atoms with Crippen LogP contribution in [0.2, 0.25) is 0 Å². The van der Waals surface area contributed by atoms with Gasteiger partial charge in [0.1, 0.15) is 0 Å². The molecule has 0 saturated carbocycles. The third kappa shape index (κ3) is 1.78. The Labute approximate surface area is 84.3 Å². The van der Waals surface area contributed by atoms with Gasteiger partial charge in [0.25, 0.3) is 0 Å².